The summed E-state index contributed by atoms with van der Waals surface area (Å²) in [6.45, 7) is 4.38. The largest absolute Gasteiger partial charge is 0.337 e. The van der Waals surface area contributed by atoms with Gasteiger partial charge in [-0.2, -0.15) is 0 Å². The number of amides is 1. The standard InChI is InChI=1S/C23H24N2O3S/c1-17-7-11-19(12-8-17)16-25(3)23(26)20-5-4-6-21(15-20)24-29(27,28)22-13-9-18(2)10-14-22/h4-15,24H,16H2,1-3H3. The lowest BCUT2D eigenvalue weighted by molar-refractivity contribution is 0.0785. The number of rotatable bonds is 6. The van der Waals surface area contributed by atoms with Gasteiger partial charge in [0.1, 0.15) is 0 Å². The predicted molar refractivity (Wildman–Crippen MR) is 115 cm³/mol. The second-order valence-corrected chi connectivity index (χ2v) is 8.83. The molecule has 3 rings (SSSR count). The minimum atomic E-state index is -3.72. The molecule has 0 fully saturated rings. The number of anilines is 1. The highest BCUT2D eigenvalue weighted by Gasteiger charge is 2.16. The maximum Gasteiger partial charge on any atom is 0.261 e. The van der Waals surface area contributed by atoms with Crippen LogP contribution in [0.2, 0.25) is 0 Å². The van der Waals surface area contributed by atoms with Crippen molar-refractivity contribution in [1.82, 2.24) is 4.90 Å². The lowest BCUT2D eigenvalue weighted by atomic mass is 10.1. The van der Waals surface area contributed by atoms with Gasteiger partial charge >= 0.3 is 0 Å². The molecule has 1 amide bonds. The molecule has 0 atom stereocenters. The molecule has 3 aromatic carbocycles. The smallest absolute Gasteiger partial charge is 0.261 e. The molecule has 0 aliphatic rings. The van der Waals surface area contributed by atoms with Gasteiger partial charge in [-0.05, 0) is 49.7 Å². The third-order valence-electron chi connectivity index (χ3n) is 4.58. The molecule has 6 heteroatoms. The molecule has 0 saturated heterocycles. The number of hydrogen-bond acceptors (Lipinski definition) is 3. The summed E-state index contributed by atoms with van der Waals surface area (Å²) >= 11 is 0. The lowest BCUT2D eigenvalue weighted by Gasteiger charge is -2.18. The van der Waals surface area contributed by atoms with Crippen molar-refractivity contribution in [3.05, 3.63) is 95.1 Å². The summed E-state index contributed by atoms with van der Waals surface area (Å²) in [4.78, 5) is 14.6. The maximum atomic E-state index is 12.8. The Hall–Kier alpha value is -3.12. The molecule has 5 nitrogen and oxygen atoms in total. The number of hydrogen-bond donors (Lipinski definition) is 1. The van der Waals surface area contributed by atoms with Crippen LogP contribution in [0.5, 0.6) is 0 Å². The summed E-state index contributed by atoms with van der Waals surface area (Å²) in [5.74, 6) is -0.179. The van der Waals surface area contributed by atoms with E-state index in [1.54, 1.807) is 60.5 Å². The van der Waals surface area contributed by atoms with Gasteiger partial charge in [-0.3, -0.25) is 9.52 Å². The number of aryl methyl sites for hydroxylation is 2. The van der Waals surface area contributed by atoms with Crippen LogP contribution in [0.15, 0.2) is 77.7 Å². The van der Waals surface area contributed by atoms with Gasteiger partial charge in [0.15, 0.2) is 0 Å². The first-order valence-electron chi connectivity index (χ1n) is 9.25. The summed E-state index contributed by atoms with van der Waals surface area (Å²) in [6, 6.07) is 21.1. The molecule has 0 heterocycles. The molecule has 1 N–H and O–H groups in total. The van der Waals surface area contributed by atoms with Crippen molar-refractivity contribution < 1.29 is 13.2 Å². The van der Waals surface area contributed by atoms with Crippen molar-refractivity contribution in [2.24, 2.45) is 0 Å². The van der Waals surface area contributed by atoms with Crippen LogP contribution in [0.4, 0.5) is 5.69 Å². The Balaban J connectivity index is 1.75. The van der Waals surface area contributed by atoms with Crippen LogP contribution in [-0.4, -0.2) is 26.3 Å². The molecule has 0 aliphatic carbocycles. The molecule has 3 aromatic rings. The number of sulfonamides is 1. The SMILES string of the molecule is Cc1ccc(CN(C)C(=O)c2cccc(NS(=O)(=O)c3ccc(C)cc3)c2)cc1. The van der Waals surface area contributed by atoms with E-state index in [0.29, 0.717) is 17.8 Å². The van der Waals surface area contributed by atoms with Crippen molar-refractivity contribution in [3.63, 3.8) is 0 Å². The van der Waals surface area contributed by atoms with Crippen molar-refractivity contribution in [1.29, 1.82) is 0 Å². The van der Waals surface area contributed by atoms with E-state index in [4.69, 9.17) is 0 Å². The normalized spacial score (nSPS) is 11.1. The van der Waals surface area contributed by atoms with E-state index >= 15 is 0 Å². The highest BCUT2D eigenvalue weighted by Crippen LogP contribution is 2.19. The lowest BCUT2D eigenvalue weighted by Crippen LogP contribution is -2.26. The number of benzene rings is 3. The fourth-order valence-corrected chi connectivity index (χ4v) is 3.96. The van der Waals surface area contributed by atoms with Crippen molar-refractivity contribution >= 4 is 21.6 Å². The first-order chi connectivity index (χ1) is 13.7. The Morgan fingerprint density at radius 2 is 1.48 bits per heavy atom. The van der Waals surface area contributed by atoms with Crippen LogP contribution in [0.1, 0.15) is 27.0 Å². The molecule has 0 bridgehead atoms. The van der Waals surface area contributed by atoms with Gasteiger partial charge < -0.3 is 4.90 Å². The van der Waals surface area contributed by atoms with E-state index in [-0.39, 0.29) is 10.8 Å². The fourth-order valence-electron chi connectivity index (χ4n) is 2.91. The summed E-state index contributed by atoms with van der Waals surface area (Å²) < 4.78 is 27.7. The molecule has 0 saturated carbocycles. The average Bonchev–Trinajstić information content (AvgIpc) is 2.69. The molecule has 0 aliphatic heterocycles. The Morgan fingerprint density at radius 1 is 0.897 bits per heavy atom. The minimum absolute atomic E-state index is 0.177. The first kappa shape index (κ1) is 20.6. The van der Waals surface area contributed by atoms with Crippen molar-refractivity contribution in [3.8, 4) is 0 Å². The van der Waals surface area contributed by atoms with Crippen LogP contribution < -0.4 is 4.72 Å². The number of nitrogens with one attached hydrogen (secondary N) is 1. The van der Waals surface area contributed by atoms with Crippen LogP contribution in [0.3, 0.4) is 0 Å². The predicted octanol–water partition coefficient (Wildman–Crippen LogP) is 4.38. The maximum absolute atomic E-state index is 12.8. The van der Waals surface area contributed by atoms with Gasteiger partial charge in [0.05, 0.1) is 4.90 Å². The second-order valence-electron chi connectivity index (χ2n) is 7.15. The summed E-state index contributed by atoms with van der Waals surface area (Å²) in [5.41, 5.74) is 3.94. The van der Waals surface area contributed by atoms with Gasteiger partial charge in [-0.15, -0.1) is 0 Å². The second kappa shape index (κ2) is 8.49. The molecule has 0 unspecified atom stereocenters. The molecule has 0 spiro atoms. The van der Waals surface area contributed by atoms with Crippen LogP contribution in [0.25, 0.3) is 0 Å². The Labute approximate surface area is 172 Å². The molecule has 150 valence electrons. The van der Waals surface area contributed by atoms with Gasteiger partial charge in [-0.25, -0.2) is 8.42 Å². The summed E-state index contributed by atoms with van der Waals surface area (Å²) in [7, 11) is -1.99. The van der Waals surface area contributed by atoms with E-state index in [9.17, 15) is 13.2 Å². The zero-order valence-electron chi connectivity index (χ0n) is 16.7. The monoisotopic (exact) mass is 408 g/mol. The zero-order chi connectivity index (χ0) is 21.0. The highest BCUT2D eigenvalue weighted by molar-refractivity contribution is 7.92. The minimum Gasteiger partial charge on any atom is -0.337 e. The highest BCUT2D eigenvalue weighted by atomic mass is 32.2. The topological polar surface area (TPSA) is 66.5 Å². The molecule has 0 radical (unpaired) electrons. The third kappa shape index (κ3) is 5.23. The molecule has 0 aromatic heterocycles. The van der Waals surface area contributed by atoms with Gasteiger partial charge in [-0.1, -0.05) is 53.6 Å². The van der Waals surface area contributed by atoms with Crippen molar-refractivity contribution in [2.45, 2.75) is 25.3 Å². The van der Waals surface area contributed by atoms with Crippen LogP contribution in [-0.2, 0) is 16.6 Å². The third-order valence-corrected chi connectivity index (χ3v) is 5.98. The first-order valence-corrected chi connectivity index (χ1v) is 10.7. The van der Waals surface area contributed by atoms with Crippen molar-refractivity contribution in [2.75, 3.05) is 11.8 Å². The number of carbonyl (C=O) groups excluding carboxylic acids is 1. The summed E-state index contributed by atoms with van der Waals surface area (Å²) in [5, 5.41) is 0. The molecule has 29 heavy (non-hydrogen) atoms. The van der Waals surface area contributed by atoms with Crippen LogP contribution in [0, 0.1) is 13.8 Å². The Morgan fingerprint density at radius 3 is 2.10 bits per heavy atom. The Kier molecular flexibility index (Phi) is 6.03. The molecular formula is C23H24N2O3S. The summed E-state index contributed by atoms with van der Waals surface area (Å²) in [6.07, 6.45) is 0. The van der Waals surface area contributed by atoms with E-state index in [2.05, 4.69) is 4.72 Å². The number of carbonyl (C=O) groups is 1. The number of nitrogens with zero attached hydrogens (tertiary/aromatic N) is 1. The van der Waals surface area contributed by atoms with E-state index in [1.165, 1.54) is 0 Å². The van der Waals surface area contributed by atoms with Crippen LogP contribution >= 0.6 is 0 Å². The fraction of sp³-hybridized carbons (Fsp3) is 0.174. The van der Waals surface area contributed by atoms with E-state index in [0.717, 1.165) is 16.7 Å². The van der Waals surface area contributed by atoms with E-state index in [1.807, 2.05) is 38.1 Å². The zero-order valence-corrected chi connectivity index (χ0v) is 17.5. The van der Waals surface area contributed by atoms with Gasteiger partial charge in [0.25, 0.3) is 15.9 Å². The van der Waals surface area contributed by atoms with Gasteiger partial charge in [0.2, 0.25) is 0 Å². The Bertz CT molecular complexity index is 1110. The molecular weight excluding hydrogens is 384 g/mol. The quantitative estimate of drug-likeness (QED) is 0.658. The van der Waals surface area contributed by atoms with Gasteiger partial charge in [0, 0.05) is 24.8 Å². The van der Waals surface area contributed by atoms with E-state index < -0.39 is 10.0 Å². The average molecular weight is 409 g/mol.